The Bertz CT molecular complexity index is 462. The maximum Gasteiger partial charge on any atom is 0.0626 e. The fourth-order valence-electron chi connectivity index (χ4n) is 2.49. The van der Waals surface area contributed by atoms with E-state index >= 15 is 0 Å². The van der Waals surface area contributed by atoms with Crippen molar-refractivity contribution in [2.24, 2.45) is 0 Å². The molecule has 0 nitrogen and oxygen atoms in total. The maximum absolute atomic E-state index is 8.35. The molecule has 0 aliphatic rings. The summed E-state index contributed by atoms with van der Waals surface area (Å²) in [6, 6.07) is 4.79. The van der Waals surface area contributed by atoms with Gasteiger partial charge in [0.1, 0.15) is 0 Å². The van der Waals surface area contributed by atoms with Crippen molar-refractivity contribution in [1.29, 1.82) is 0 Å². The summed E-state index contributed by atoms with van der Waals surface area (Å²) in [5.41, 5.74) is 4.10. The lowest BCUT2D eigenvalue weighted by atomic mass is 9.69. The van der Waals surface area contributed by atoms with Crippen LogP contribution in [0.1, 0.15) is 80.4 Å². The van der Waals surface area contributed by atoms with Gasteiger partial charge in [-0.25, -0.2) is 0 Å². The van der Waals surface area contributed by atoms with Crippen molar-refractivity contribution in [1.82, 2.24) is 0 Å². The highest BCUT2D eigenvalue weighted by Crippen LogP contribution is 2.40. The Labute approximate surface area is 115 Å². The third kappa shape index (κ3) is 3.16. The monoisotopic (exact) mass is 247 g/mol. The lowest BCUT2D eigenvalue weighted by Gasteiger charge is -2.36. The Kier molecular flexibility index (Phi) is 3.34. The molecule has 0 amide bonds. The van der Waals surface area contributed by atoms with Crippen LogP contribution >= 0.6 is 0 Å². The summed E-state index contributed by atoms with van der Waals surface area (Å²) < 4.78 is 8.35. The number of hydrogen-bond acceptors (Lipinski definition) is 0. The molecule has 102 valence electrons. The van der Waals surface area contributed by atoms with Crippen LogP contribution in [0.3, 0.4) is 0 Å². The smallest absolute Gasteiger partial charge is 0.0617 e. The third-order valence-electron chi connectivity index (χ3n) is 3.31. The summed E-state index contributed by atoms with van der Waals surface area (Å²) in [4.78, 5) is 0. The van der Waals surface area contributed by atoms with E-state index < -0.39 is 0 Å². The van der Waals surface area contributed by atoms with E-state index in [0.29, 0.717) is 6.04 Å². The molecule has 0 fully saturated rings. The zero-order valence-electron chi connectivity index (χ0n) is 14.7. The minimum Gasteiger partial charge on any atom is -0.0617 e. The highest BCUT2D eigenvalue weighted by atomic mass is 14.3. The van der Waals surface area contributed by atoms with Crippen LogP contribution in [0.5, 0.6) is 0 Å². The van der Waals surface area contributed by atoms with E-state index in [1.165, 1.54) is 16.7 Å². The second-order valence-electron chi connectivity index (χ2n) is 8.39. The molecule has 1 aromatic rings. The minimum absolute atomic E-state index is 0.000949. The summed E-state index contributed by atoms with van der Waals surface area (Å²) in [6.45, 7) is 20.2. The fraction of sp³-hybridized carbons (Fsp3) is 0.667. The minimum atomic E-state index is 0.000949. The van der Waals surface area contributed by atoms with Crippen molar-refractivity contribution >= 4 is 0 Å². The molecule has 1 aromatic carbocycles. The van der Waals surface area contributed by atoms with Crippen molar-refractivity contribution in [3.63, 3.8) is 0 Å². The fourth-order valence-corrected chi connectivity index (χ4v) is 2.49. The Balaban J connectivity index is 3.82. The van der Waals surface area contributed by atoms with Gasteiger partial charge >= 0.3 is 0 Å². The molecule has 1 rings (SSSR count). The molecule has 0 saturated carbocycles. The van der Waals surface area contributed by atoms with E-state index in [9.17, 15) is 0 Å². The molecule has 0 atom stereocenters. The molecule has 0 N–H and O–H groups in total. The van der Waals surface area contributed by atoms with Crippen molar-refractivity contribution in [2.75, 3.05) is 0 Å². The molecule has 0 bridgehead atoms. The van der Waals surface area contributed by atoms with Gasteiger partial charge in [-0.3, -0.25) is 0 Å². The lowest BCUT2D eigenvalue weighted by Crippen LogP contribution is -2.27. The lowest BCUT2D eigenvalue weighted by molar-refractivity contribution is 0.498. The summed E-state index contributed by atoms with van der Waals surface area (Å²) in [5.74, 6) is 0. The van der Waals surface area contributed by atoms with Gasteiger partial charge < -0.3 is 0 Å². The number of benzene rings is 1. The first-order valence-corrected chi connectivity index (χ1v) is 6.91. The van der Waals surface area contributed by atoms with Gasteiger partial charge in [0.2, 0.25) is 0 Å². The van der Waals surface area contributed by atoms with Crippen LogP contribution in [-0.4, -0.2) is 0 Å². The molecule has 0 unspecified atom stereocenters. The first-order chi connectivity index (χ1) is 8.26. The molecular formula is C18H30. The van der Waals surface area contributed by atoms with Gasteiger partial charge in [-0.05, 0) is 32.9 Å². The Morgan fingerprint density at radius 2 is 1.17 bits per heavy atom. The Morgan fingerprint density at radius 3 is 1.50 bits per heavy atom. The first kappa shape index (κ1) is 13.6. The van der Waals surface area contributed by atoms with Gasteiger partial charge in [0.25, 0.3) is 0 Å². The first-order valence-electron chi connectivity index (χ1n) is 7.41. The maximum atomic E-state index is 8.35. The van der Waals surface area contributed by atoms with Gasteiger partial charge in [0, 0.05) is 0 Å². The van der Waals surface area contributed by atoms with E-state index in [1.807, 2.05) is 6.07 Å². The van der Waals surface area contributed by atoms with Crippen LogP contribution in [0, 0.1) is 0 Å². The molecular weight excluding hydrogens is 216 g/mol. The number of rotatable bonds is 0. The van der Waals surface area contributed by atoms with Crippen LogP contribution < -0.4 is 0 Å². The molecule has 0 aliphatic carbocycles. The summed E-state index contributed by atoms with van der Waals surface area (Å²) in [5, 5.41) is 0. The predicted molar refractivity (Wildman–Crippen MR) is 82.5 cm³/mol. The molecule has 0 saturated heterocycles. The summed E-state index contributed by atoms with van der Waals surface area (Å²) in [7, 11) is 0. The zero-order chi connectivity index (χ0) is 15.2. The molecule has 0 spiro atoms. The summed E-state index contributed by atoms with van der Waals surface area (Å²) in [6.07, 6.45) is 0. The van der Waals surface area contributed by atoms with Gasteiger partial charge in [-0.1, -0.05) is 80.5 Å². The number of hydrogen-bond donors (Lipinski definition) is 0. The van der Waals surface area contributed by atoms with Crippen LogP contribution in [0.15, 0.2) is 18.2 Å². The van der Waals surface area contributed by atoms with Gasteiger partial charge in [0.15, 0.2) is 0 Å². The molecule has 18 heavy (non-hydrogen) atoms. The van der Waals surface area contributed by atoms with Crippen LogP contribution in [0.2, 0.25) is 0 Å². The van der Waals surface area contributed by atoms with E-state index in [1.54, 1.807) is 0 Å². The van der Waals surface area contributed by atoms with E-state index in [4.69, 9.17) is 1.37 Å². The van der Waals surface area contributed by atoms with E-state index in [-0.39, 0.29) is 16.2 Å². The highest BCUT2D eigenvalue weighted by molar-refractivity contribution is 5.46. The van der Waals surface area contributed by atoms with Crippen LogP contribution in [0.25, 0.3) is 0 Å². The summed E-state index contributed by atoms with van der Waals surface area (Å²) >= 11 is 0. The van der Waals surface area contributed by atoms with Crippen molar-refractivity contribution in [3.05, 3.63) is 34.9 Å². The second-order valence-corrected chi connectivity index (χ2v) is 8.39. The zero-order valence-corrected chi connectivity index (χ0v) is 13.7. The largest absolute Gasteiger partial charge is 0.0626 e. The molecule has 0 aliphatic heterocycles. The average molecular weight is 247 g/mol. The van der Waals surface area contributed by atoms with E-state index in [0.717, 1.165) is 0 Å². The van der Waals surface area contributed by atoms with Gasteiger partial charge in [0.05, 0.1) is 1.37 Å². The van der Waals surface area contributed by atoms with Crippen molar-refractivity contribution in [2.45, 2.75) is 78.6 Å². The van der Waals surface area contributed by atoms with Gasteiger partial charge in [-0.2, -0.15) is 0 Å². The molecule has 0 heterocycles. The van der Waals surface area contributed by atoms with E-state index in [2.05, 4.69) is 68.4 Å². The van der Waals surface area contributed by atoms with Crippen LogP contribution in [-0.2, 0) is 16.2 Å². The Hall–Kier alpha value is -0.780. The molecule has 0 aromatic heterocycles. The van der Waals surface area contributed by atoms with Crippen LogP contribution in [0.4, 0.5) is 0 Å². The third-order valence-corrected chi connectivity index (χ3v) is 3.31. The average Bonchev–Trinajstić information content (AvgIpc) is 2.11. The van der Waals surface area contributed by atoms with Crippen molar-refractivity contribution < 1.29 is 1.37 Å². The topological polar surface area (TPSA) is 0 Å². The Morgan fingerprint density at radius 1 is 0.722 bits per heavy atom. The highest BCUT2D eigenvalue weighted by Gasteiger charge is 2.30. The normalized spacial score (nSPS) is 14.6. The molecule has 0 heteroatoms. The quantitative estimate of drug-likeness (QED) is 0.561. The second kappa shape index (κ2) is 4.40. The standard InChI is InChI=1S/C18H30/c1-16(2,3)13-11-10-12-14(17(4,5)6)15(13)18(7,8)9/h10-12H,1-9H3/i11D. The molecule has 0 radical (unpaired) electrons. The predicted octanol–water partition coefficient (Wildman–Crippen LogP) is 5.58. The van der Waals surface area contributed by atoms with Gasteiger partial charge in [-0.15, -0.1) is 0 Å². The SMILES string of the molecule is [2H]c1ccc(C(C)(C)C)c(C(C)(C)C)c1C(C)(C)C. The van der Waals surface area contributed by atoms with Crippen molar-refractivity contribution in [3.8, 4) is 0 Å².